The Bertz CT molecular complexity index is 1080. The molecule has 8 heteroatoms. The number of hydrogen-bond donors (Lipinski definition) is 1. The smallest absolute Gasteiger partial charge is 0.251 e. The Balaban J connectivity index is 1.60. The Hall–Kier alpha value is -2.77. The summed E-state index contributed by atoms with van der Waals surface area (Å²) in [5.41, 5.74) is 1.77. The molecular weight excluding hydrogens is 424 g/mol. The van der Waals surface area contributed by atoms with E-state index in [-0.39, 0.29) is 12.5 Å². The van der Waals surface area contributed by atoms with Gasteiger partial charge < -0.3 is 9.73 Å². The fourth-order valence-corrected chi connectivity index (χ4v) is 4.04. The number of halogens is 1. The molecule has 1 amide bonds. The molecule has 0 saturated carbocycles. The third kappa shape index (κ3) is 6.11. The number of rotatable bonds is 9. The van der Waals surface area contributed by atoms with Crippen LogP contribution in [0.3, 0.4) is 0 Å². The molecule has 1 N–H and O–H groups in total. The molecule has 0 saturated heterocycles. The highest BCUT2D eigenvalue weighted by molar-refractivity contribution is 7.92. The minimum absolute atomic E-state index is 0.143. The molecule has 30 heavy (non-hydrogen) atoms. The maximum atomic E-state index is 12.3. The topological polar surface area (TPSA) is 79.6 Å². The maximum Gasteiger partial charge on any atom is 0.251 e. The van der Waals surface area contributed by atoms with Gasteiger partial charge in [0.2, 0.25) is 10.0 Å². The Labute approximate surface area is 181 Å². The summed E-state index contributed by atoms with van der Waals surface area (Å²) in [7, 11) is -3.51. The van der Waals surface area contributed by atoms with Gasteiger partial charge in [0.05, 0.1) is 24.8 Å². The fraction of sp³-hybridized carbons (Fsp3) is 0.227. The minimum atomic E-state index is -3.51. The normalized spacial score (nSPS) is 11.3. The number of carbonyl (C=O) groups is 1. The van der Waals surface area contributed by atoms with Crippen molar-refractivity contribution < 1.29 is 17.6 Å². The lowest BCUT2D eigenvalue weighted by molar-refractivity contribution is 0.0953. The predicted molar refractivity (Wildman–Crippen MR) is 118 cm³/mol. The van der Waals surface area contributed by atoms with Crippen LogP contribution >= 0.6 is 11.6 Å². The number of hydrogen-bond acceptors (Lipinski definition) is 4. The van der Waals surface area contributed by atoms with Crippen LogP contribution in [0.25, 0.3) is 0 Å². The fourth-order valence-electron chi connectivity index (χ4n) is 2.98. The van der Waals surface area contributed by atoms with E-state index in [4.69, 9.17) is 16.0 Å². The van der Waals surface area contributed by atoms with Crippen LogP contribution in [0.2, 0.25) is 5.02 Å². The van der Waals surface area contributed by atoms with Crippen molar-refractivity contribution in [2.75, 3.05) is 17.1 Å². The molecule has 0 atom stereocenters. The van der Waals surface area contributed by atoms with Crippen molar-refractivity contribution in [3.8, 4) is 0 Å². The monoisotopic (exact) mass is 446 g/mol. The standard InChI is InChI=1S/C22H23ClN2O4S/c1-30(27,28)25(20-6-2-5-19(23)15-20)16-17-9-11-18(12-10-17)22(26)24-13-3-7-21-8-4-14-29-21/h2,4-6,8-12,14-15H,3,7,13,16H2,1H3,(H,24,26). The number of aryl methyl sites for hydroxylation is 1. The van der Waals surface area contributed by atoms with Gasteiger partial charge in [-0.1, -0.05) is 29.8 Å². The van der Waals surface area contributed by atoms with E-state index in [1.54, 1.807) is 54.8 Å². The Morgan fingerprint density at radius 1 is 1.10 bits per heavy atom. The van der Waals surface area contributed by atoms with Crippen molar-refractivity contribution in [2.24, 2.45) is 0 Å². The summed E-state index contributed by atoms with van der Waals surface area (Å²) in [6.07, 6.45) is 4.32. The second-order valence-electron chi connectivity index (χ2n) is 6.89. The first kappa shape index (κ1) is 21.9. The van der Waals surface area contributed by atoms with E-state index < -0.39 is 10.0 Å². The number of benzene rings is 2. The van der Waals surface area contributed by atoms with Crippen LogP contribution in [0.4, 0.5) is 5.69 Å². The van der Waals surface area contributed by atoms with E-state index in [9.17, 15) is 13.2 Å². The highest BCUT2D eigenvalue weighted by Crippen LogP contribution is 2.24. The third-order valence-corrected chi connectivity index (χ3v) is 5.88. The van der Waals surface area contributed by atoms with Gasteiger partial charge >= 0.3 is 0 Å². The molecule has 0 bridgehead atoms. The van der Waals surface area contributed by atoms with Crippen molar-refractivity contribution >= 4 is 33.2 Å². The third-order valence-electron chi connectivity index (χ3n) is 4.50. The maximum absolute atomic E-state index is 12.3. The highest BCUT2D eigenvalue weighted by atomic mass is 35.5. The Kier molecular flexibility index (Phi) is 7.18. The summed E-state index contributed by atoms with van der Waals surface area (Å²) in [5.74, 6) is 0.722. The van der Waals surface area contributed by atoms with E-state index in [0.717, 1.165) is 30.4 Å². The van der Waals surface area contributed by atoms with Crippen LogP contribution < -0.4 is 9.62 Å². The zero-order chi connectivity index (χ0) is 21.6. The number of sulfonamides is 1. The van der Waals surface area contributed by atoms with Gasteiger partial charge in [0, 0.05) is 23.6 Å². The Morgan fingerprint density at radius 3 is 2.50 bits per heavy atom. The van der Waals surface area contributed by atoms with Crippen molar-refractivity contribution in [3.05, 3.63) is 88.8 Å². The summed E-state index contributed by atoms with van der Waals surface area (Å²) < 4.78 is 31.1. The number of nitrogens with one attached hydrogen (secondary N) is 1. The summed E-state index contributed by atoms with van der Waals surface area (Å²) in [5, 5.41) is 3.33. The summed E-state index contributed by atoms with van der Waals surface area (Å²) in [6.45, 7) is 0.683. The second-order valence-corrected chi connectivity index (χ2v) is 9.23. The lowest BCUT2D eigenvalue weighted by Gasteiger charge is -2.22. The molecular formula is C22H23ClN2O4S. The minimum Gasteiger partial charge on any atom is -0.469 e. The van der Waals surface area contributed by atoms with Gasteiger partial charge in [0.1, 0.15) is 5.76 Å². The molecule has 2 aromatic carbocycles. The molecule has 0 radical (unpaired) electrons. The molecule has 0 fully saturated rings. The zero-order valence-electron chi connectivity index (χ0n) is 16.5. The van der Waals surface area contributed by atoms with Gasteiger partial charge in [-0.05, 0) is 54.4 Å². The largest absolute Gasteiger partial charge is 0.469 e. The summed E-state index contributed by atoms with van der Waals surface area (Å²) >= 11 is 6.01. The number of carbonyl (C=O) groups excluding carboxylic acids is 1. The molecule has 0 aliphatic carbocycles. The van der Waals surface area contributed by atoms with Gasteiger partial charge in [-0.15, -0.1) is 0 Å². The first-order valence-electron chi connectivity index (χ1n) is 9.46. The lowest BCUT2D eigenvalue weighted by atomic mass is 10.1. The van der Waals surface area contributed by atoms with Gasteiger partial charge in [0.25, 0.3) is 5.91 Å². The van der Waals surface area contributed by atoms with Crippen LogP contribution in [0.15, 0.2) is 71.3 Å². The van der Waals surface area contributed by atoms with E-state index in [0.29, 0.717) is 22.8 Å². The first-order valence-corrected chi connectivity index (χ1v) is 11.7. The highest BCUT2D eigenvalue weighted by Gasteiger charge is 2.18. The van der Waals surface area contributed by atoms with Crippen LogP contribution in [-0.4, -0.2) is 27.1 Å². The van der Waals surface area contributed by atoms with Crippen molar-refractivity contribution in [1.29, 1.82) is 0 Å². The van der Waals surface area contributed by atoms with E-state index in [1.807, 2.05) is 12.1 Å². The second kappa shape index (κ2) is 9.82. The van der Waals surface area contributed by atoms with E-state index >= 15 is 0 Å². The van der Waals surface area contributed by atoms with Gasteiger partial charge in [-0.3, -0.25) is 9.10 Å². The molecule has 0 aliphatic rings. The van der Waals surface area contributed by atoms with Crippen LogP contribution in [-0.2, 0) is 23.0 Å². The summed E-state index contributed by atoms with van der Waals surface area (Å²) in [6, 6.07) is 17.3. The van der Waals surface area contributed by atoms with Crippen LogP contribution in [0, 0.1) is 0 Å². The molecule has 1 heterocycles. The van der Waals surface area contributed by atoms with Gasteiger partial charge in [0.15, 0.2) is 0 Å². The molecule has 0 spiro atoms. The lowest BCUT2D eigenvalue weighted by Crippen LogP contribution is -2.29. The Morgan fingerprint density at radius 2 is 1.87 bits per heavy atom. The van der Waals surface area contributed by atoms with Crippen LogP contribution in [0.1, 0.15) is 28.1 Å². The number of nitrogens with zero attached hydrogens (tertiary/aromatic N) is 1. The van der Waals surface area contributed by atoms with Crippen LogP contribution in [0.5, 0.6) is 0 Å². The molecule has 3 aromatic rings. The van der Waals surface area contributed by atoms with Crippen molar-refractivity contribution in [1.82, 2.24) is 5.32 Å². The van der Waals surface area contributed by atoms with Crippen molar-refractivity contribution in [2.45, 2.75) is 19.4 Å². The molecule has 0 unspecified atom stereocenters. The van der Waals surface area contributed by atoms with E-state index in [1.165, 1.54) is 4.31 Å². The molecule has 1 aromatic heterocycles. The quantitative estimate of drug-likeness (QED) is 0.498. The average molecular weight is 447 g/mol. The van der Waals surface area contributed by atoms with Gasteiger partial charge in [-0.25, -0.2) is 8.42 Å². The number of anilines is 1. The summed E-state index contributed by atoms with van der Waals surface area (Å²) in [4.78, 5) is 12.3. The molecule has 0 aliphatic heterocycles. The number of furan rings is 1. The average Bonchev–Trinajstić information content (AvgIpc) is 3.22. The van der Waals surface area contributed by atoms with Gasteiger partial charge in [-0.2, -0.15) is 0 Å². The molecule has 3 rings (SSSR count). The van der Waals surface area contributed by atoms with E-state index in [2.05, 4.69) is 5.32 Å². The molecule has 158 valence electrons. The van der Waals surface area contributed by atoms with Crippen molar-refractivity contribution in [3.63, 3.8) is 0 Å². The first-order chi connectivity index (χ1) is 14.3. The zero-order valence-corrected chi connectivity index (χ0v) is 18.1. The molecule has 6 nitrogen and oxygen atoms in total. The predicted octanol–water partition coefficient (Wildman–Crippen LogP) is 4.26. The number of amides is 1. The SMILES string of the molecule is CS(=O)(=O)N(Cc1ccc(C(=O)NCCCc2ccco2)cc1)c1cccc(Cl)c1.